The number of nitrogens with one attached hydrogen (secondary N) is 2. The fourth-order valence-corrected chi connectivity index (χ4v) is 4.06. The molecular weight excluding hydrogens is 318 g/mol. The van der Waals surface area contributed by atoms with Crippen LogP contribution in [0.25, 0.3) is 10.9 Å². The average molecular weight is 341 g/mol. The van der Waals surface area contributed by atoms with Crippen molar-refractivity contribution in [2.45, 2.75) is 46.6 Å². The second kappa shape index (κ2) is 6.77. The summed E-state index contributed by atoms with van der Waals surface area (Å²) >= 11 is 1.60. The normalized spacial score (nSPS) is 12.5. The largest absolute Gasteiger partial charge is 0.361 e. The van der Waals surface area contributed by atoms with Crippen molar-refractivity contribution in [3.05, 3.63) is 51.1 Å². The monoisotopic (exact) mass is 341 g/mol. The highest BCUT2D eigenvalue weighted by atomic mass is 32.1. The van der Waals surface area contributed by atoms with Crippen molar-refractivity contribution in [2.75, 3.05) is 0 Å². The van der Waals surface area contributed by atoms with Crippen LogP contribution in [0.5, 0.6) is 0 Å². The van der Waals surface area contributed by atoms with E-state index in [1.54, 1.807) is 11.3 Å². The predicted molar refractivity (Wildman–Crippen MR) is 99.6 cm³/mol. The van der Waals surface area contributed by atoms with Gasteiger partial charge < -0.3 is 10.3 Å². The van der Waals surface area contributed by atoms with Crippen LogP contribution in [0.1, 0.15) is 33.6 Å². The second-order valence-corrected chi connectivity index (χ2v) is 7.69. The van der Waals surface area contributed by atoms with Gasteiger partial charge in [-0.25, -0.2) is 4.98 Å². The number of benzene rings is 1. The zero-order valence-corrected chi connectivity index (χ0v) is 15.4. The smallest absolute Gasteiger partial charge is 0.225 e. The summed E-state index contributed by atoms with van der Waals surface area (Å²) in [5, 5.41) is 5.36. The molecule has 0 unspecified atom stereocenters. The minimum atomic E-state index is 0.0604. The summed E-state index contributed by atoms with van der Waals surface area (Å²) in [6, 6.07) is 6.40. The van der Waals surface area contributed by atoms with Crippen molar-refractivity contribution in [2.24, 2.45) is 0 Å². The molecule has 2 heterocycles. The maximum atomic E-state index is 12.3. The molecule has 0 aliphatic carbocycles. The number of nitrogens with zero attached hydrogens (tertiary/aromatic N) is 1. The standard InChI is InChI=1S/C19H23N3OS/c1-11-6-5-7-16-15(10-20-19(11)16)8-12(2)21-18(23)9-17-13(3)22-14(4)24-17/h5-7,10,12,20H,8-9H2,1-4H3,(H,21,23)/t12-/m1/s1. The van der Waals surface area contributed by atoms with Gasteiger partial charge in [-0.15, -0.1) is 11.3 Å². The molecule has 1 aromatic carbocycles. The Morgan fingerprint density at radius 2 is 2.12 bits per heavy atom. The summed E-state index contributed by atoms with van der Waals surface area (Å²) in [5.41, 5.74) is 4.63. The van der Waals surface area contributed by atoms with E-state index in [1.807, 2.05) is 13.8 Å². The Hall–Kier alpha value is -2.14. The second-order valence-electron chi connectivity index (χ2n) is 6.40. The van der Waals surface area contributed by atoms with E-state index in [-0.39, 0.29) is 11.9 Å². The fourth-order valence-electron chi connectivity index (χ4n) is 3.12. The number of carbonyl (C=O) groups excluding carboxylic acids is 1. The number of rotatable bonds is 5. The highest BCUT2D eigenvalue weighted by molar-refractivity contribution is 7.11. The molecule has 4 nitrogen and oxygen atoms in total. The van der Waals surface area contributed by atoms with Crippen LogP contribution >= 0.6 is 11.3 Å². The minimum Gasteiger partial charge on any atom is -0.361 e. The molecule has 0 saturated heterocycles. The summed E-state index contributed by atoms with van der Waals surface area (Å²) in [7, 11) is 0. The maximum absolute atomic E-state index is 12.3. The minimum absolute atomic E-state index is 0.0604. The zero-order valence-electron chi connectivity index (χ0n) is 14.6. The molecule has 1 amide bonds. The van der Waals surface area contributed by atoms with Crippen molar-refractivity contribution in [3.8, 4) is 0 Å². The number of aromatic amines is 1. The van der Waals surface area contributed by atoms with E-state index in [2.05, 4.69) is 53.5 Å². The van der Waals surface area contributed by atoms with Crippen molar-refractivity contribution >= 4 is 28.1 Å². The number of aryl methyl sites for hydroxylation is 3. The maximum Gasteiger partial charge on any atom is 0.225 e. The topological polar surface area (TPSA) is 57.8 Å². The van der Waals surface area contributed by atoms with E-state index in [9.17, 15) is 4.79 Å². The first kappa shape index (κ1) is 16.7. The van der Waals surface area contributed by atoms with Crippen molar-refractivity contribution in [1.82, 2.24) is 15.3 Å². The van der Waals surface area contributed by atoms with E-state index >= 15 is 0 Å². The molecule has 0 spiro atoms. The van der Waals surface area contributed by atoms with Crippen LogP contribution in [-0.2, 0) is 17.6 Å². The molecule has 0 bridgehead atoms. The SMILES string of the molecule is Cc1nc(C)c(CC(=O)N[C@H](C)Cc2c[nH]c3c(C)cccc23)s1. The molecule has 0 aliphatic rings. The summed E-state index contributed by atoms with van der Waals surface area (Å²) < 4.78 is 0. The summed E-state index contributed by atoms with van der Waals surface area (Å²) in [5.74, 6) is 0.0604. The number of fused-ring (bicyclic) bond motifs is 1. The quantitative estimate of drug-likeness (QED) is 0.741. The number of hydrogen-bond donors (Lipinski definition) is 2. The molecule has 2 aromatic heterocycles. The molecular formula is C19H23N3OS. The molecule has 1 atom stereocenters. The van der Waals surface area contributed by atoms with Crippen molar-refractivity contribution in [1.29, 1.82) is 0 Å². The van der Waals surface area contributed by atoms with Gasteiger partial charge >= 0.3 is 0 Å². The van der Waals surface area contributed by atoms with Crippen LogP contribution in [-0.4, -0.2) is 21.9 Å². The predicted octanol–water partition coefficient (Wildman–Crippen LogP) is 3.84. The van der Waals surface area contributed by atoms with Gasteiger partial charge in [-0.05, 0) is 45.2 Å². The third-order valence-electron chi connectivity index (χ3n) is 4.26. The third-order valence-corrected chi connectivity index (χ3v) is 5.34. The molecule has 5 heteroatoms. The van der Waals surface area contributed by atoms with Gasteiger partial charge in [-0.2, -0.15) is 0 Å². The lowest BCUT2D eigenvalue weighted by atomic mass is 10.0. The first-order valence-electron chi connectivity index (χ1n) is 8.22. The van der Waals surface area contributed by atoms with Gasteiger partial charge in [0.2, 0.25) is 5.91 Å². The van der Waals surface area contributed by atoms with Gasteiger partial charge in [0.15, 0.2) is 0 Å². The molecule has 0 saturated carbocycles. The number of carbonyl (C=O) groups is 1. The highest BCUT2D eigenvalue weighted by Gasteiger charge is 2.14. The summed E-state index contributed by atoms with van der Waals surface area (Å²) in [6.07, 6.45) is 3.28. The van der Waals surface area contributed by atoms with E-state index in [0.29, 0.717) is 6.42 Å². The van der Waals surface area contributed by atoms with E-state index in [1.165, 1.54) is 22.0 Å². The summed E-state index contributed by atoms with van der Waals surface area (Å²) in [6.45, 7) is 8.09. The molecule has 0 aliphatic heterocycles. The molecule has 126 valence electrons. The van der Waals surface area contributed by atoms with Crippen LogP contribution in [0.2, 0.25) is 0 Å². The number of para-hydroxylation sites is 1. The van der Waals surface area contributed by atoms with E-state index < -0.39 is 0 Å². The molecule has 24 heavy (non-hydrogen) atoms. The van der Waals surface area contributed by atoms with E-state index in [4.69, 9.17) is 0 Å². The Morgan fingerprint density at radius 3 is 2.83 bits per heavy atom. The molecule has 0 fully saturated rings. The summed E-state index contributed by atoms with van der Waals surface area (Å²) in [4.78, 5) is 21.1. The van der Waals surface area contributed by atoms with E-state index in [0.717, 1.165) is 22.0 Å². The lowest BCUT2D eigenvalue weighted by Gasteiger charge is -2.13. The van der Waals surface area contributed by atoms with Crippen LogP contribution in [0.15, 0.2) is 24.4 Å². The molecule has 2 N–H and O–H groups in total. The first-order valence-corrected chi connectivity index (χ1v) is 9.03. The number of amides is 1. The van der Waals surface area contributed by atoms with Gasteiger partial charge in [-0.3, -0.25) is 4.79 Å². The molecule has 0 radical (unpaired) electrons. The van der Waals surface area contributed by atoms with Crippen LogP contribution in [0, 0.1) is 20.8 Å². The average Bonchev–Trinajstić information content (AvgIpc) is 3.04. The Bertz CT molecular complexity index is 878. The van der Waals surface area contributed by atoms with Crippen LogP contribution < -0.4 is 5.32 Å². The van der Waals surface area contributed by atoms with Gasteiger partial charge in [0.1, 0.15) is 0 Å². The Kier molecular flexibility index (Phi) is 4.71. The Balaban J connectivity index is 1.64. The lowest BCUT2D eigenvalue weighted by molar-refractivity contribution is -0.121. The number of aromatic nitrogens is 2. The Morgan fingerprint density at radius 1 is 1.33 bits per heavy atom. The molecule has 3 rings (SSSR count). The van der Waals surface area contributed by atoms with Gasteiger partial charge in [-0.1, -0.05) is 18.2 Å². The van der Waals surface area contributed by atoms with Crippen LogP contribution in [0.4, 0.5) is 0 Å². The number of H-pyrrole nitrogens is 1. The van der Waals surface area contributed by atoms with Crippen molar-refractivity contribution in [3.63, 3.8) is 0 Å². The highest BCUT2D eigenvalue weighted by Crippen LogP contribution is 2.22. The number of thiazole rings is 1. The Labute approximate surface area is 146 Å². The zero-order chi connectivity index (χ0) is 17.3. The number of hydrogen-bond acceptors (Lipinski definition) is 3. The van der Waals surface area contributed by atoms with Gasteiger partial charge in [0, 0.05) is 28.0 Å². The van der Waals surface area contributed by atoms with Crippen LogP contribution in [0.3, 0.4) is 0 Å². The van der Waals surface area contributed by atoms with Gasteiger partial charge in [0.05, 0.1) is 17.1 Å². The first-order chi connectivity index (χ1) is 11.4. The fraction of sp³-hybridized carbons (Fsp3) is 0.368. The lowest BCUT2D eigenvalue weighted by Crippen LogP contribution is -2.35. The van der Waals surface area contributed by atoms with Crippen molar-refractivity contribution < 1.29 is 4.79 Å². The molecule has 3 aromatic rings. The third kappa shape index (κ3) is 3.51. The van der Waals surface area contributed by atoms with Gasteiger partial charge in [0.25, 0.3) is 0 Å².